The van der Waals surface area contributed by atoms with E-state index in [0.717, 1.165) is 17.0 Å². The Morgan fingerprint density at radius 1 is 0.795 bits per heavy atom. The van der Waals surface area contributed by atoms with E-state index in [1.54, 1.807) is 29.2 Å². The molecule has 1 spiro atoms. The van der Waals surface area contributed by atoms with Crippen LogP contribution >= 0.6 is 23.5 Å². The first-order valence-corrected chi connectivity index (χ1v) is 13.9. The molecule has 1 fully saturated rings. The number of hydrogen-bond acceptors (Lipinski definition) is 7. The van der Waals surface area contributed by atoms with Crippen LogP contribution in [0.5, 0.6) is 5.75 Å². The monoisotopic (exact) mass is 549 g/mol. The zero-order chi connectivity index (χ0) is 26.8. The molecule has 1 saturated heterocycles. The zero-order valence-corrected chi connectivity index (χ0v) is 22.6. The lowest BCUT2D eigenvalue weighted by Crippen LogP contribution is -2.51. The average molecular weight is 550 g/mol. The molecule has 1 atom stereocenters. The number of hydrazone groups is 1. The van der Waals surface area contributed by atoms with E-state index in [9.17, 15) is 9.59 Å². The summed E-state index contributed by atoms with van der Waals surface area (Å²) in [5.41, 5.74) is 2.90. The fraction of sp³-hybridized carbons (Fsp3) is 0.0645. The van der Waals surface area contributed by atoms with Gasteiger partial charge in [0.15, 0.2) is 5.04 Å². The molecular weight excluding hydrogens is 526 g/mol. The highest BCUT2D eigenvalue weighted by molar-refractivity contribution is 8.29. The molecule has 0 aromatic heterocycles. The van der Waals surface area contributed by atoms with Crippen molar-refractivity contribution >= 4 is 57.7 Å². The molecule has 1 unspecified atom stereocenters. The smallest absolute Gasteiger partial charge is 0.268 e. The first-order chi connectivity index (χ1) is 19.1. The van der Waals surface area contributed by atoms with E-state index in [-0.39, 0.29) is 11.7 Å². The van der Waals surface area contributed by atoms with Crippen LogP contribution in [0, 0.1) is 0 Å². The molecule has 0 aliphatic carbocycles. The van der Waals surface area contributed by atoms with Gasteiger partial charge in [-0.15, -0.1) is 0 Å². The minimum atomic E-state index is -1.09. The van der Waals surface area contributed by atoms with Crippen LogP contribution in [0.15, 0.2) is 125 Å². The number of carbonyl (C=O) groups excluding carboxylic acids is 2. The fourth-order valence-corrected chi connectivity index (χ4v) is 7.36. The van der Waals surface area contributed by atoms with Crippen LogP contribution in [0.1, 0.15) is 15.9 Å². The lowest BCUT2D eigenvalue weighted by Gasteiger charge is -2.38. The highest BCUT2D eigenvalue weighted by atomic mass is 32.2. The van der Waals surface area contributed by atoms with Gasteiger partial charge in [-0.2, -0.15) is 5.10 Å². The Balaban J connectivity index is 1.49. The summed E-state index contributed by atoms with van der Waals surface area (Å²) in [6.07, 6.45) is 1.87. The summed E-state index contributed by atoms with van der Waals surface area (Å²) < 4.78 is 4.20. The number of para-hydroxylation sites is 2. The van der Waals surface area contributed by atoms with Crippen molar-refractivity contribution in [2.45, 2.75) is 4.33 Å². The number of ether oxygens (including phenoxy) is 1. The molecule has 2 aliphatic heterocycles. The van der Waals surface area contributed by atoms with Crippen molar-refractivity contribution in [2.24, 2.45) is 5.10 Å². The van der Waals surface area contributed by atoms with Gasteiger partial charge in [0.2, 0.25) is 10.1 Å². The van der Waals surface area contributed by atoms with Crippen molar-refractivity contribution in [1.29, 1.82) is 0 Å². The number of hydrogen-bond donors (Lipinski definition) is 0. The third kappa shape index (κ3) is 4.62. The van der Waals surface area contributed by atoms with E-state index in [4.69, 9.17) is 9.84 Å². The predicted molar refractivity (Wildman–Crippen MR) is 160 cm³/mol. The Hall–Kier alpha value is -4.27. The predicted octanol–water partition coefficient (Wildman–Crippen LogP) is 6.88. The quantitative estimate of drug-likeness (QED) is 0.193. The van der Waals surface area contributed by atoms with Gasteiger partial charge in [-0.3, -0.25) is 14.5 Å². The number of benzene rings is 4. The third-order valence-electron chi connectivity index (χ3n) is 6.29. The molecule has 4 aromatic rings. The van der Waals surface area contributed by atoms with E-state index in [1.807, 2.05) is 109 Å². The second kappa shape index (κ2) is 10.5. The second-order valence-corrected chi connectivity index (χ2v) is 11.4. The van der Waals surface area contributed by atoms with Crippen LogP contribution < -0.4 is 14.6 Å². The van der Waals surface area contributed by atoms with Gasteiger partial charge in [-0.25, -0.2) is 5.01 Å². The van der Waals surface area contributed by atoms with E-state index in [2.05, 4.69) is 0 Å². The van der Waals surface area contributed by atoms with E-state index in [1.165, 1.54) is 23.5 Å². The lowest BCUT2D eigenvalue weighted by atomic mass is 10.1. The topological polar surface area (TPSA) is 62.2 Å². The van der Waals surface area contributed by atoms with Crippen LogP contribution in [-0.4, -0.2) is 28.2 Å². The van der Waals surface area contributed by atoms with Crippen LogP contribution in [0.4, 0.5) is 11.4 Å². The summed E-state index contributed by atoms with van der Waals surface area (Å²) in [6.45, 7) is 0. The Morgan fingerprint density at radius 3 is 2.00 bits per heavy atom. The average Bonchev–Trinajstić information content (AvgIpc) is 3.50. The molecule has 6 rings (SSSR count). The maximum Gasteiger partial charge on any atom is 0.268 e. The first-order valence-electron chi connectivity index (χ1n) is 12.3. The number of Topliss-reactive ketones (excluding diaryl/α,β-unsaturated/α-hetero) is 1. The SMILES string of the molecule is COc1ccc(/C=C2/SC3(SC(C(=O)c4ccccc4)=NN3c3ccccc3)N(c3ccccc3)C2=O)cc1. The molecule has 6 nitrogen and oxygen atoms in total. The molecule has 8 heteroatoms. The van der Waals surface area contributed by atoms with Crippen molar-refractivity contribution in [3.63, 3.8) is 0 Å². The van der Waals surface area contributed by atoms with Gasteiger partial charge < -0.3 is 4.74 Å². The number of thioether (sulfide) groups is 2. The molecule has 0 saturated carbocycles. The van der Waals surface area contributed by atoms with Crippen LogP contribution in [0.3, 0.4) is 0 Å². The Bertz CT molecular complexity index is 1580. The number of methoxy groups -OCH3 is 1. The molecule has 192 valence electrons. The molecule has 0 radical (unpaired) electrons. The Morgan fingerprint density at radius 2 is 1.38 bits per heavy atom. The summed E-state index contributed by atoms with van der Waals surface area (Å²) in [5, 5.41) is 6.96. The van der Waals surface area contributed by atoms with Gasteiger partial charge in [-0.1, -0.05) is 90.6 Å². The first kappa shape index (κ1) is 25.0. The van der Waals surface area contributed by atoms with Crippen LogP contribution in [0.25, 0.3) is 6.08 Å². The zero-order valence-electron chi connectivity index (χ0n) is 20.9. The van der Waals surface area contributed by atoms with Gasteiger partial charge in [-0.05, 0) is 59.8 Å². The number of ketones is 1. The van der Waals surface area contributed by atoms with Crippen molar-refractivity contribution in [1.82, 2.24) is 0 Å². The Kier molecular flexibility index (Phi) is 6.72. The molecule has 4 aromatic carbocycles. The maximum absolute atomic E-state index is 14.2. The van der Waals surface area contributed by atoms with Gasteiger partial charge in [0.05, 0.1) is 17.7 Å². The summed E-state index contributed by atoms with van der Waals surface area (Å²) >= 11 is 2.67. The molecule has 1 amide bonds. The van der Waals surface area contributed by atoms with Gasteiger partial charge in [0.1, 0.15) is 5.75 Å². The number of carbonyl (C=O) groups is 2. The lowest BCUT2D eigenvalue weighted by molar-refractivity contribution is -0.114. The second-order valence-electron chi connectivity index (χ2n) is 8.76. The molecule has 2 heterocycles. The number of nitrogens with zero attached hydrogens (tertiary/aromatic N) is 3. The van der Waals surface area contributed by atoms with Gasteiger partial charge in [0, 0.05) is 11.3 Å². The molecule has 2 aliphatic rings. The van der Waals surface area contributed by atoms with Crippen LogP contribution in [0.2, 0.25) is 0 Å². The van der Waals surface area contributed by atoms with Crippen molar-refractivity contribution < 1.29 is 14.3 Å². The normalized spacial score (nSPS) is 19.6. The van der Waals surface area contributed by atoms with Gasteiger partial charge >= 0.3 is 0 Å². The van der Waals surface area contributed by atoms with Crippen molar-refractivity contribution in [3.05, 3.63) is 131 Å². The summed E-state index contributed by atoms with van der Waals surface area (Å²) in [4.78, 5) is 30.0. The summed E-state index contributed by atoms with van der Waals surface area (Å²) in [5.74, 6) is 0.384. The van der Waals surface area contributed by atoms with E-state index in [0.29, 0.717) is 21.2 Å². The Labute approximate surface area is 235 Å². The highest BCUT2D eigenvalue weighted by Gasteiger charge is 2.60. The minimum Gasteiger partial charge on any atom is -0.497 e. The van der Waals surface area contributed by atoms with E-state index >= 15 is 0 Å². The molecule has 39 heavy (non-hydrogen) atoms. The largest absolute Gasteiger partial charge is 0.497 e. The molecular formula is C31H23N3O3S2. The standard InChI is InChI=1S/C31H23N3O3S2/c1-37-26-19-17-22(18-20-26)21-27-30(36)33(24-13-7-3-8-14-24)31(38-27)34(25-15-9-4-10-16-25)32-29(39-31)28(35)23-11-5-2-6-12-23/h2-21H,1H3/b27-21+. The highest BCUT2D eigenvalue weighted by Crippen LogP contribution is 2.59. The summed E-state index contributed by atoms with van der Waals surface area (Å²) in [6, 6.07) is 35.8. The number of amides is 1. The minimum absolute atomic E-state index is 0.168. The van der Waals surface area contributed by atoms with Crippen LogP contribution in [-0.2, 0) is 4.79 Å². The van der Waals surface area contributed by atoms with Crippen molar-refractivity contribution in [2.75, 3.05) is 17.0 Å². The molecule has 0 N–H and O–H groups in total. The number of rotatable bonds is 6. The molecule has 0 bridgehead atoms. The summed E-state index contributed by atoms with van der Waals surface area (Å²) in [7, 11) is 1.62. The fourth-order valence-electron chi connectivity index (χ4n) is 4.41. The maximum atomic E-state index is 14.2. The third-order valence-corrected chi connectivity index (χ3v) is 9.00. The van der Waals surface area contributed by atoms with E-state index < -0.39 is 4.33 Å². The van der Waals surface area contributed by atoms with Crippen molar-refractivity contribution in [3.8, 4) is 5.75 Å². The number of anilines is 2. The van der Waals surface area contributed by atoms with Gasteiger partial charge in [0.25, 0.3) is 5.91 Å².